The van der Waals surface area contributed by atoms with Gasteiger partial charge < -0.3 is 15.4 Å². The lowest BCUT2D eigenvalue weighted by Gasteiger charge is -2.14. The van der Waals surface area contributed by atoms with Crippen LogP contribution in [0.25, 0.3) is 0 Å². The first-order valence-electron chi connectivity index (χ1n) is 7.76. The van der Waals surface area contributed by atoms with Crippen molar-refractivity contribution in [2.75, 3.05) is 26.7 Å². The van der Waals surface area contributed by atoms with Crippen molar-refractivity contribution in [3.8, 4) is 5.75 Å². The Kier molecular flexibility index (Phi) is 8.51. The molecule has 0 bridgehead atoms. The Labute approximate surface area is 128 Å². The smallest absolute Gasteiger partial charge is 0.220 e. The van der Waals surface area contributed by atoms with Crippen LogP contribution >= 0.6 is 0 Å². The van der Waals surface area contributed by atoms with E-state index in [1.54, 1.807) is 7.11 Å². The molecular formula is C17H28N2O2. The number of amides is 1. The van der Waals surface area contributed by atoms with Gasteiger partial charge >= 0.3 is 0 Å². The Balaban J connectivity index is 2.29. The van der Waals surface area contributed by atoms with Gasteiger partial charge in [-0.3, -0.25) is 4.79 Å². The molecule has 118 valence electrons. The second-order valence-electron chi connectivity index (χ2n) is 5.43. The minimum atomic E-state index is 0.121. The van der Waals surface area contributed by atoms with Crippen LogP contribution in [0.4, 0.5) is 0 Å². The maximum atomic E-state index is 11.9. The zero-order chi connectivity index (χ0) is 15.5. The average Bonchev–Trinajstić information content (AvgIpc) is 2.47. The highest BCUT2D eigenvalue weighted by atomic mass is 16.5. The normalized spacial score (nSPS) is 12.0. The highest BCUT2D eigenvalue weighted by Crippen LogP contribution is 2.21. The van der Waals surface area contributed by atoms with Gasteiger partial charge in [0.1, 0.15) is 5.75 Å². The fourth-order valence-electron chi connectivity index (χ4n) is 2.30. The number of hydrogen-bond acceptors (Lipinski definition) is 3. The monoisotopic (exact) mass is 292 g/mol. The van der Waals surface area contributed by atoms with Crippen LogP contribution in [-0.2, 0) is 11.2 Å². The van der Waals surface area contributed by atoms with Gasteiger partial charge in [-0.2, -0.15) is 0 Å². The second kappa shape index (κ2) is 10.2. The number of hydrogen-bond donors (Lipinski definition) is 2. The molecule has 21 heavy (non-hydrogen) atoms. The van der Waals surface area contributed by atoms with E-state index in [0.717, 1.165) is 37.2 Å². The summed E-state index contributed by atoms with van der Waals surface area (Å²) in [6.07, 6.45) is 2.52. The third-order valence-corrected chi connectivity index (χ3v) is 3.35. The van der Waals surface area contributed by atoms with E-state index in [9.17, 15) is 4.79 Å². The molecule has 0 saturated carbocycles. The van der Waals surface area contributed by atoms with Gasteiger partial charge in [0.2, 0.25) is 5.91 Å². The summed E-state index contributed by atoms with van der Waals surface area (Å²) in [5, 5.41) is 6.22. The summed E-state index contributed by atoms with van der Waals surface area (Å²) in [7, 11) is 1.68. The van der Waals surface area contributed by atoms with Crippen molar-refractivity contribution in [2.24, 2.45) is 5.92 Å². The number of ether oxygens (including phenoxy) is 1. The highest BCUT2D eigenvalue weighted by molar-refractivity contribution is 5.76. The largest absolute Gasteiger partial charge is 0.496 e. The van der Waals surface area contributed by atoms with Crippen molar-refractivity contribution in [3.63, 3.8) is 0 Å². The summed E-state index contributed by atoms with van der Waals surface area (Å²) in [5.41, 5.74) is 1.16. The standard InChI is InChI=1S/C17H28N2O2/c1-4-9-18-10-11-19-17(20)13-14(2)12-15-7-5-6-8-16(15)21-3/h5-8,14,18H,4,9-13H2,1-3H3,(H,19,20). The van der Waals surface area contributed by atoms with Crippen LogP contribution < -0.4 is 15.4 Å². The predicted octanol–water partition coefficient (Wildman–Crippen LogP) is 2.38. The molecule has 1 aromatic rings. The van der Waals surface area contributed by atoms with Crippen LogP contribution in [-0.4, -0.2) is 32.7 Å². The molecule has 0 radical (unpaired) electrons. The van der Waals surface area contributed by atoms with E-state index in [1.165, 1.54) is 0 Å². The van der Waals surface area contributed by atoms with Crippen molar-refractivity contribution in [1.82, 2.24) is 10.6 Å². The Morgan fingerprint density at radius 2 is 2.00 bits per heavy atom. The zero-order valence-electron chi connectivity index (χ0n) is 13.4. The van der Waals surface area contributed by atoms with Gasteiger partial charge in [0.15, 0.2) is 0 Å². The minimum absolute atomic E-state index is 0.121. The third-order valence-electron chi connectivity index (χ3n) is 3.35. The quantitative estimate of drug-likeness (QED) is 0.651. The molecule has 1 rings (SSSR count). The van der Waals surface area contributed by atoms with Crippen molar-refractivity contribution in [2.45, 2.75) is 33.1 Å². The topological polar surface area (TPSA) is 50.4 Å². The van der Waals surface area contributed by atoms with Crippen molar-refractivity contribution in [3.05, 3.63) is 29.8 Å². The average molecular weight is 292 g/mol. The van der Waals surface area contributed by atoms with E-state index >= 15 is 0 Å². The van der Waals surface area contributed by atoms with Gasteiger partial charge in [-0.05, 0) is 36.9 Å². The molecule has 4 nitrogen and oxygen atoms in total. The molecule has 0 aliphatic heterocycles. The van der Waals surface area contributed by atoms with Gasteiger partial charge in [-0.25, -0.2) is 0 Å². The fraction of sp³-hybridized carbons (Fsp3) is 0.588. The molecule has 0 aliphatic rings. The van der Waals surface area contributed by atoms with Crippen LogP contribution in [0.2, 0.25) is 0 Å². The number of benzene rings is 1. The zero-order valence-corrected chi connectivity index (χ0v) is 13.4. The molecular weight excluding hydrogens is 264 g/mol. The number of carbonyl (C=O) groups is 1. The van der Waals surface area contributed by atoms with Gasteiger partial charge in [0.05, 0.1) is 7.11 Å². The molecule has 0 aliphatic carbocycles. The van der Waals surface area contributed by atoms with Gasteiger partial charge in [-0.1, -0.05) is 32.0 Å². The highest BCUT2D eigenvalue weighted by Gasteiger charge is 2.11. The van der Waals surface area contributed by atoms with Crippen molar-refractivity contribution >= 4 is 5.91 Å². The van der Waals surface area contributed by atoms with E-state index in [0.29, 0.717) is 18.9 Å². The number of carbonyl (C=O) groups excluding carboxylic acids is 1. The summed E-state index contributed by atoms with van der Waals surface area (Å²) in [6.45, 7) is 6.76. The second-order valence-corrected chi connectivity index (χ2v) is 5.43. The SMILES string of the molecule is CCCNCCNC(=O)CC(C)Cc1ccccc1OC. The van der Waals surface area contributed by atoms with Crippen LogP contribution in [0.1, 0.15) is 32.3 Å². The predicted molar refractivity (Wildman–Crippen MR) is 86.6 cm³/mol. The lowest BCUT2D eigenvalue weighted by molar-refractivity contribution is -0.121. The first kappa shape index (κ1) is 17.5. The summed E-state index contributed by atoms with van der Waals surface area (Å²) in [4.78, 5) is 11.9. The number of rotatable bonds is 10. The van der Waals surface area contributed by atoms with Crippen molar-refractivity contribution < 1.29 is 9.53 Å². The molecule has 0 aromatic heterocycles. The molecule has 0 saturated heterocycles. The summed E-state index contributed by atoms with van der Waals surface area (Å²) >= 11 is 0. The van der Waals surface area contributed by atoms with E-state index in [4.69, 9.17) is 4.74 Å². The maximum absolute atomic E-state index is 11.9. The molecule has 1 unspecified atom stereocenters. The molecule has 4 heteroatoms. The number of nitrogens with one attached hydrogen (secondary N) is 2. The summed E-state index contributed by atoms with van der Waals surface area (Å²) in [6, 6.07) is 7.98. The Morgan fingerprint density at radius 1 is 1.24 bits per heavy atom. The van der Waals surface area contributed by atoms with E-state index < -0.39 is 0 Å². The van der Waals surface area contributed by atoms with Gasteiger partial charge in [0.25, 0.3) is 0 Å². The molecule has 1 amide bonds. The molecule has 0 fully saturated rings. The molecule has 0 heterocycles. The lowest BCUT2D eigenvalue weighted by Crippen LogP contribution is -2.33. The van der Waals surface area contributed by atoms with Crippen LogP contribution in [0, 0.1) is 5.92 Å². The third kappa shape index (κ3) is 7.14. The van der Waals surface area contributed by atoms with E-state index in [1.807, 2.05) is 18.2 Å². The first-order valence-corrected chi connectivity index (χ1v) is 7.76. The maximum Gasteiger partial charge on any atom is 0.220 e. The van der Waals surface area contributed by atoms with Crippen LogP contribution in [0.15, 0.2) is 24.3 Å². The van der Waals surface area contributed by atoms with Gasteiger partial charge in [-0.15, -0.1) is 0 Å². The first-order chi connectivity index (χ1) is 10.2. The van der Waals surface area contributed by atoms with E-state index in [-0.39, 0.29) is 5.91 Å². The van der Waals surface area contributed by atoms with Crippen LogP contribution in [0.5, 0.6) is 5.75 Å². The molecule has 0 spiro atoms. The minimum Gasteiger partial charge on any atom is -0.496 e. The van der Waals surface area contributed by atoms with Crippen LogP contribution in [0.3, 0.4) is 0 Å². The van der Waals surface area contributed by atoms with Gasteiger partial charge in [0, 0.05) is 19.5 Å². The Bertz CT molecular complexity index is 421. The number of methoxy groups -OCH3 is 1. The summed E-state index contributed by atoms with van der Waals surface area (Å²) < 4.78 is 5.34. The van der Waals surface area contributed by atoms with E-state index in [2.05, 4.69) is 30.5 Å². The Hall–Kier alpha value is -1.55. The lowest BCUT2D eigenvalue weighted by atomic mass is 9.97. The fourth-order valence-corrected chi connectivity index (χ4v) is 2.30. The molecule has 1 atom stereocenters. The molecule has 2 N–H and O–H groups in total. The van der Waals surface area contributed by atoms with Crippen molar-refractivity contribution in [1.29, 1.82) is 0 Å². The number of para-hydroxylation sites is 1. The summed E-state index contributed by atoms with van der Waals surface area (Å²) in [5.74, 6) is 1.31. The molecule has 1 aromatic carbocycles. The Morgan fingerprint density at radius 3 is 2.71 bits per heavy atom.